The van der Waals surface area contributed by atoms with Crippen molar-refractivity contribution in [3.8, 4) is 22.1 Å². The summed E-state index contributed by atoms with van der Waals surface area (Å²) in [6.45, 7) is 1.86. The number of aromatic nitrogens is 2. The molecule has 170 valence electrons. The number of nitrogens with one attached hydrogen (secondary N) is 1. The van der Waals surface area contributed by atoms with Gasteiger partial charge in [0, 0.05) is 22.2 Å². The van der Waals surface area contributed by atoms with Crippen LogP contribution in [-0.2, 0) is 17.6 Å². The molecule has 9 heteroatoms. The predicted molar refractivity (Wildman–Crippen MR) is 129 cm³/mol. The number of benzene rings is 2. The van der Waals surface area contributed by atoms with E-state index in [1.54, 1.807) is 26.4 Å². The van der Waals surface area contributed by atoms with Crippen LogP contribution in [0.2, 0.25) is 0 Å². The molecule has 0 aliphatic rings. The molecular formula is C24H22FN3O3S2. The lowest BCUT2D eigenvalue weighted by atomic mass is 10.1. The normalized spacial score (nSPS) is 10.8. The van der Waals surface area contributed by atoms with E-state index in [2.05, 4.69) is 15.3 Å². The van der Waals surface area contributed by atoms with Crippen molar-refractivity contribution < 1.29 is 18.7 Å². The molecule has 2 aromatic carbocycles. The van der Waals surface area contributed by atoms with Gasteiger partial charge >= 0.3 is 0 Å². The van der Waals surface area contributed by atoms with E-state index in [0.29, 0.717) is 34.3 Å². The SMILES string of the molecule is COc1ccc(-c2nc(CC(=O)Nc3nc(C)c(Cc4ccccc4F)s3)cs2)cc1OC. The molecule has 0 unspecified atom stereocenters. The standard InChI is InChI=1S/C24H22FN3O3S2/c1-14-21(11-15-6-4-5-7-18(15)25)33-24(26-14)28-22(29)12-17-13-32-23(27-17)16-8-9-19(30-2)20(10-16)31-3/h4-10,13H,11-12H2,1-3H3,(H,26,28,29). The van der Waals surface area contributed by atoms with Gasteiger partial charge < -0.3 is 14.8 Å². The number of carbonyl (C=O) groups is 1. The van der Waals surface area contributed by atoms with Crippen LogP contribution >= 0.6 is 22.7 Å². The van der Waals surface area contributed by atoms with Gasteiger partial charge in [0.25, 0.3) is 0 Å². The van der Waals surface area contributed by atoms with Crippen molar-refractivity contribution in [1.82, 2.24) is 9.97 Å². The minimum absolute atomic E-state index is 0.130. The third-order valence-corrected chi connectivity index (χ3v) is 6.98. The van der Waals surface area contributed by atoms with Crippen molar-refractivity contribution in [2.45, 2.75) is 19.8 Å². The minimum Gasteiger partial charge on any atom is -0.493 e. The Labute approximate surface area is 199 Å². The van der Waals surface area contributed by atoms with E-state index < -0.39 is 0 Å². The van der Waals surface area contributed by atoms with E-state index in [4.69, 9.17) is 9.47 Å². The molecule has 4 rings (SSSR count). The molecular weight excluding hydrogens is 461 g/mol. The van der Waals surface area contributed by atoms with Crippen LogP contribution in [0.4, 0.5) is 9.52 Å². The summed E-state index contributed by atoms with van der Waals surface area (Å²) in [7, 11) is 3.17. The monoisotopic (exact) mass is 483 g/mol. The number of carbonyl (C=O) groups excluding carboxylic acids is 1. The molecule has 33 heavy (non-hydrogen) atoms. The molecule has 2 aromatic heterocycles. The molecule has 0 radical (unpaired) electrons. The lowest BCUT2D eigenvalue weighted by Crippen LogP contribution is -2.14. The Morgan fingerprint density at radius 2 is 1.88 bits per heavy atom. The van der Waals surface area contributed by atoms with Gasteiger partial charge in [0.1, 0.15) is 10.8 Å². The Kier molecular flexibility index (Phi) is 7.00. The average Bonchev–Trinajstić information content (AvgIpc) is 3.41. The second-order valence-electron chi connectivity index (χ2n) is 7.23. The fraction of sp³-hybridized carbons (Fsp3) is 0.208. The first-order valence-corrected chi connectivity index (χ1v) is 11.8. The number of anilines is 1. The predicted octanol–water partition coefficient (Wildman–Crippen LogP) is 5.50. The van der Waals surface area contributed by atoms with Crippen molar-refractivity contribution in [2.75, 3.05) is 19.5 Å². The fourth-order valence-corrected chi connectivity index (χ4v) is 5.10. The molecule has 4 aromatic rings. The van der Waals surface area contributed by atoms with E-state index >= 15 is 0 Å². The molecule has 0 saturated heterocycles. The molecule has 0 spiro atoms. The largest absolute Gasteiger partial charge is 0.493 e. The number of hydrogen-bond donors (Lipinski definition) is 1. The molecule has 0 aliphatic heterocycles. The van der Waals surface area contributed by atoms with Crippen LogP contribution in [0.5, 0.6) is 11.5 Å². The quantitative estimate of drug-likeness (QED) is 0.358. The van der Waals surface area contributed by atoms with Gasteiger partial charge in [0.05, 0.1) is 32.0 Å². The maximum atomic E-state index is 14.0. The van der Waals surface area contributed by atoms with E-state index in [0.717, 1.165) is 21.1 Å². The molecule has 0 aliphatic carbocycles. The zero-order chi connectivity index (χ0) is 23.4. The van der Waals surface area contributed by atoms with Gasteiger partial charge in [0.2, 0.25) is 5.91 Å². The second kappa shape index (κ2) is 10.1. The number of thiazole rings is 2. The zero-order valence-electron chi connectivity index (χ0n) is 18.3. The van der Waals surface area contributed by atoms with Crippen molar-refractivity contribution in [3.05, 3.63) is 75.5 Å². The van der Waals surface area contributed by atoms with Crippen LogP contribution in [0, 0.1) is 12.7 Å². The first kappa shape index (κ1) is 22.9. The van der Waals surface area contributed by atoms with Crippen LogP contribution in [0.15, 0.2) is 47.8 Å². The molecule has 0 atom stereocenters. The molecule has 6 nitrogen and oxygen atoms in total. The lowest BCUT2D eigenvalue weighted by molar-refractivity contribution is -0.115. The molecule has 0 bridgehead atoms. The van der Waals surface area contributed by atoms with Crippen LogP contribution in [0.1, 0.15) is 21.8 Å². The summed E-state index contributed by atoms with van der Waals surface area (Å²) in [6.07, 6.45) is 0.567. The summed E-state index contributed by atoms with van der Waals surface area (Å²) in [5, 5.41) is 5.99. The highest BCUT2D eigenvalue weighted by molar-refractivity contribution is 7.16. The van der Waals surface area contributed by atoms with E-state index in [-0.39, 0.29) is 18.1 Å². The topological polar surface area (TPSA) is 73.3 Å². The Morgan fingerprint density at radius 1 is 1.09 bits per heavy atom. The number of nitrogens with zero attached hydrogens (tertiary/aromatic N) is 2. The maximum absolute atomic E-state index is 14.0. The first-order valence-electron chi connectivity index (χ1n) is 10.1. The van der Waals surface area contributed by atoms with Gasteiger partial charge in [-0.1, -0.05) is 18.2 Å². The molecule has 2 heterocycles. The third-order valence-electron chi connectivity index (χ3n) is 4.97. The summed E-state index contributed by atoms with van der Waals surface area (Å²) in [6, 6.07) is 12.3. The van der Waals surface area contributed by atoms with Crippen LogP contribution in [0.3, 0.4) is 0 Å². The van der Waals surface area contributed by atoms with Gasteiger partial charge in [-0.05, 0) is 36.8 Å². The van der Waals surface area contributed by atoms with Crippen LogP contribution in [0.25, 0.3) is 10.6 Å². The van der Waals surface area contributed by atoms with Crippen molar-refractivity contribution in [1.29, 1.82) is 0 Å². The van der Waals surface area contributed by atoms with E-state index in [9.17, 15) is 9.18 Å². The zero-order valence-corrected chi connectivity index (χ0v) is 20.0. The Balaban J connectivity index is 1.41. The number of methoxy groups -OCH3 is 2. The fourth-order valence-electron chi connectivity index (χ4n) is 3.28. The highest BCUT2D eigenvalue weighted by Crippen LogP contribution is 2.33. The number of hydrogen-bond acceptors (Lipinski definition) is 7. The Bertz CT molecular complexity index is 1290. The highest BCUT2D eigenvalue weighted by Gasteiger charge is 2.15. The van der Waals surface area contributed by atoms with Crippen molar-refractivity contribution in [2.24, 2.45) is 0 Å². The van der Waals surface area contributed by atoms with Crippen LogP contribution in [-0.4, -0.2) is 30.1 Å². The van der Waals surface area contributed by atoms with Gasteiger partial charge in [0.15, 0.2) is 16.6 Å². The molecule has 1 amide bonds. The molecule has 1 N–H and O–H groups in total. The minimum atomic E-state index is -0.246. The van der Waals surface area contributed by atoms with E-state index in [1.165, 1.54) is 28.7 Å². The third kappa shape index (κ3) is 5.37. The summed E-state index contributed by atoms with van der Waals surface area (Å²) in [5.41, 5.74) is 2.94. The summed E-state index contributed by atoms with van der Waals surface area (Å²) in [5.74, 6) is 0.815. The lowest BCUT2D eigenvalue weighted by Gasteiger charge is -2.08. The maximum Gasteiger partial charge on any atom is 0.232 e. The summed E-state index contributed by atoms with van der Waals surface area (Å²) >= 11 is 2.81. The summed E-state index contributed by atoms with van der Waals surface area (Å²) in [4.78, 5) is 22.5. The average molecular weight is 484 g/mol. The Hall–Kier alpha value is -3.30. The summed E-state index contributed by atoms with van der Waals surface area (Å²) < 4.78 is 24.6. The second-order valence-corrected chi connectivity index (χ2v) is 9.18. The van der Waals surface area contributed by atoms with Crippen LogP contribution < -0.4 is 14.8 Å². The number of halogens is 1. The first-order chi connectivity index (χ1) is 16.0. The number of rotatable bonds is 8. The molecule has 0 saturated carbocycles. The van der Waals surface area contributed by atoms with Gasteiger partial charge in [-0.25, -0.2) is 14.4 Å². The Morgan fingerprint density at radius 3 is 2.64 bits per heavy atom. The van der Waals surface area contributed by atoms with Crippen molar-refractivity contribution in [3.63, 3.8) is 0 Å². The smallest absolute Gasteiger partial charge is 0.232 e. The number of amides is 1. The van der Waals surface area contributed by atoms with E-state index in [1.807, 2.05) is 36.6 Å². The van der Waals surface area contributed by atoms with Gasteiger partial charge in [-0.2, -0.15) is 0 Å². The number of aryl methyl sites for hydroxylation is 1. The molecule has 0 fully saturated rings. The van der Waals surface area contributed by atoms with Gasteiger partial charge in [-0.3, -0.25) is 4.79 Å². The number of ether oxygens (including phenoxy) is 2. The highest BCUT2D eigenvalue weighted by atomic mass is 32.1. The van der Waals surface area contributed by atoms with Gasteiger partial charge in [-0.15, -0.1) is 22.7 Å². The van der Waals surface area contributed by atoms with Crippen molar-refractivity contribution >= 4 is 33.7 Å².